The molecule has 0 aliphatic carbocycles. The molecule has 0 heterocycles. The van der Waals surface area contributed by atoms with Crippen molar-refractivity contribution in [3.8, 4) is 23.3 Å². The van der Waals surface area contributed by atoms with Crippen LogP contribution in [0.25, 0.3) is 6.08 Å². The number of benzene rings is 2. The summed E-state index contributed by atoms with van der Waals surface area (Å²) in [6.45, 7) is 7.64. The summed E-state index contributed by atoms with van der Waals surface area (Å²) >= 11 is 0. The van der Waals surface area contributed by atoms with Crippen LogP contribution in [0.1, 0.15) is 30.5 Å². The van der Waals surface area contributed by atoms with E-state index in [-0.39, 0.29) is 24.5 Å². The minimum atomic E-state index is -0.707. The molecule has 0 aromatic heterocycles. The summed E-state index contributed by atoms with van der Waals surface area (Å²) in [6.07, 6.45) is 1.38. The van der Waals surface area contributed by atoms with Gasteiger partial charge in [0.25, 0.3) is 0 Å². The van der Waals surface area contributed by atoms with E-state index < -0.39 is 11.9 Å². The fourth-order valence-corrected chi connectivity index (χ4v) is 2.58. The number of esters is 2. The second kappa shape index (κ2) is 11.4. The highest BCUT2D eigenvalue weighted by atomic mass is 16.6. The molecule has 0 aliphatic heterocycles. The largest absolute Gasteiger partial charge is 0.490 e. The van der Waals surface area contributed by atoms with Crippen LogP contribution >= 0.6 is 0 Å². The Kier molecular flexibility index (Phi) is 8.64. The number of nitriles is 1. The van der Waals surface area contributed by atoms with Crippen LogP contribution in [0.15, 0.2) is 42.0 Å². The predicted octanol–water partition coefficient (Wildman–Crippen LogP) is 4.16. The lowest BCUT2D eigenvalue weighted by atomic mass is 10.1. The zero-order valence-corrected chi connectivity index (χ0v) is 18.1. The highest BCUT2D eigenvalue weighted by Crippen LogP contribution is 2.30. The van der Waals surface area contributed by atoms with E-state index in [1.54, 1.807) is 32.0 Å². The van der Waals surface area contributed by atoms with E-state index in [1.165, 1.54) is 12.1 Å². The van der Waals surface area contributed by atoms with Gasteiger partial charge in [-0.15, -0.1) is 0 Å². The van der Waals surface area contributed by atoms with Crippen molar-refractivity contribution in [3.05, 3.63) is 58.7 Å². The lowest BCUT2D eigenvalue weighted by Crippen LogP contribution is -2.18. The van der Waals surface area contributed by atoms with Crippen molar-refractivity contribution in [2.75, 3.05) is 19.8 Å². The van der Waals surface area contributed by atoms with Gasteiger partial charge in [0, 0.05) is 0 Å². The van der Waals surface area contributed by atoms with Crippen LogP contribution in [-0.4, -0.2) is 31.8 Å². The topological polar surface area (TPSA) is 94.9 Å². The molecule has 0 fully saturated rings. The first-order valence-corrected chi connectivity index (χ1v) is 9.84. The van der Waals surface area contributed by atoms with Gasteiger partial charge in [-0.1, -0.05) is 12.1 Å². The Bertz CT molecular complexity index is 1020. The minimum Gasteiger partial charge on any atom is -0.490 e. The monoisotopic (exact) mass is 423 g/mol. The van der Waals surface area contributed by atoms with Gasteiger partial charge in [0.1, 0.15) is 17.4 Å². The van der Waals surface area contributed by atoms with E-state index in [0.717, 1.165) is 11.1 Å². The van der Waals surface area contributed by atoms with Gasteiger partial charge >= 0.3 is 11.9 Å². The Morgan fingerprint density at radius 1 is 0.968 bits per heavy atom. The van der Waals surface area contributed by atoms with Gasteiger partial charge in [0.15, 0.2) is 18.1 Å². The zero-order chi connectivity index (χ0) is 22.8. The summed E-state index contributed by atoms with van der Waals surface area (Å²) in [5.41, 5.74) is 2.58. The molecule has 2 aromatic carbocycles. The maximum atomic E-state index is 12.2. The Morgan fingerprint density at radius 2 is 1.74 bits per heavy atom. The molecule has 0 saturated carbocycles. The fraction of sp³-hybridized carbons (Fsp3) is 0.292. The van der Waals surface area contributed by atoms with Crippen molar-refractivity contribution in [2.45, 2.75) is 27.7 Å². The summed E-state index contributed by atoms with van der Waals surface area (Å²) < 4.78 is 21.3. The molecule has 0 atom stereocenters. The van der Waals surface area contributed by atoms with Crippen LogP contribution in [-0.2, 0) is 14.3 Å². The fourth-order valence-electron chi connectivity index (χ4n) is 2.58. The van der Waals surface area contributed by atoms with Crippen molar-refractivity contribution in [1.82, 2.24) is 0 Å². The first-order valence-electron chi connectivity index (χ1n) is 9.84. The van der Waals surface area contributed by atoms with E-state index in [1.807, 2.05) is 32.0 Å². The maximum absolute atomic E-state index is 12.2. The van der Waals surface area contributed by atoms with E-state index in [4.69, 9.17) is 18.9 Å². The van der Waals surface area contributed by atoms with Crippen molar-refractivity contribution in [1.29, 1.82) is 5.26 Å². The maximum Gasteiger partial charge on any atom is 0.349 e. The number of hydrogen-bond donors (Lipinski definition) is 0. The third-order valence-corrected chi connectivity index (χ3v) is 4.25. The van der Waals surface area contributed by atoms with Crippen LogP contribution < -0.4 is 14.2 Å². The third-order valence-electron chi connectivity index (χ3n) is 4.25. The number of hydrogen-bond acceptors (Lipinski definition) is 7. The standard InChI is InChI=1S/C24H25NO6/c1-5-28-22-13-18(12-19(14-25)24(27)29-6-2)8-10-21(22)31-23(26)15-30-20-9-7-16(3)17(4)11-20/h7-13H,5-6,15H2,1-4H3/b19-12+. The Hall–Kier alpha value is -3.79. The van der Waals surface area contributed by atoms with Gasteiger partial charge in [-0.05, 0) is 74.7 Å². The second-order valence-corrected chi connectivity index (χ2v) is 6.54. The first kappa shape index (κ1) is 23.5. The lowest BCUT2D eigenvalue weighted by Gasteiger charge is -2.12. The Morgan fingerprint density at radius 3 is 2.39 bits per heavy atom. The molecular formula is C24H25NO6. The molecule has 0 amide bonds. The van der Waals surface area contributed by atoms with Crippen molar-refractivity contribution in [3.63, 3.8) is 0 Å². The number of carbonyl (C=O) groups is 2. The SMILES string of the molecule is CCOC(=O)/C(C#N)=C/c1ccc(OC(=O)COc2ccc(C)c(C)c2)c(OCC)c1. The molecule has 31 heavy (non-hydrogen) atoms. The van der Waals surface area contributed by atoms with Gasteiger partial charge in [-0.2, -0.15) is 5.26 Å². The van der Waals surface area contributed by atoms with Crippen molar-refractivity contribution < 1.29 is 28.5 Å². The molecule has 0 spiro atoms. The van der Waals surface area contributed by atoms with Crippen LogP contribution in [0.2, 0.25) is 0 Å². The van der Waals surface area contributed by atoms with Crippen molar-refractivity contribution >= 4 is 18.0 Å². The number of ether oxygens (including phenoxy) is 4. The quantitative estimate of drug-likeness (QED) is 0.259. The first-order chi connectivity index (χ1) is 14.9. The molecule has 2 rings (SSSR count). The lowest BCUT2D eigenvalue weighted by molar-refractivity contribution is -0.138. The molecule has 0 aliphatic rings. The molecule has 0 bridgehead atoms. The number of aryl methyl sites for hydroxylation is 2. The van der Waals surface area contributed by atoms with E-state index >= 15 is 0 Å². The van der Waals surface area contributed by atoms with Gasteiger partial charge in [-0.3, -0.25) is 0 Å². The number of rotatable bonds is 9. The number of carbonyl (C=O) groups excluding carboxylic acids is 2. The van der Waals surface area contributed by atoms with E-state index in [9.17, 15) is 14.9 Å². The van der Waals surface area contributed by atoms with Gasteiger partial charge < -0.3 is 18.9 Å². The third kappa shape index (κ3) is 6.89. The molecule has 7 heteroatoms. The van der Waals surface area contributed by atoms with Gasteiger partial charge in [0.05, 0.1) is 13.2 Å². The molecule has 0 unspecified atom stereocenters. The molecule has 2 aromatic rings. The van der Waals surface area contributed by atoms with Crippen molar-refractivity contribution in [2.24, 2.45) is 0 Å². The molecule has 7 nitrogen and oxygen atoms in total. The van der Waals surface area contributed by atoms with E-state index in [2.05, 4.69) is 0 Å². The summed E-state index contributed by atoms with van der Waals surface area (Å²) in [6, 6.07) is 12.1. The Balaban J connectivity index is 2.13. The van der Waals surface area contributed by atoms with Crippen LogP contribution in [0.3, 0.4) is 0 Å². The molecule has 0 saturated heterocycles. The highest BCUT2D eigenvalue weighted by Gasteiger charge is 2.14. The summed E-state index contributed by atoms with van der Waals surface area (Å²) in [5.74, 6) is -0.207. The highest BCUT2D eigenvalue weighted by molar-refractivity contribution is 5.98. The molecule has 162 valence electrons. The number of nitrogens with zero attached hydrogens (tertiary/aromatic N) is 1. The Labute approximate surface area is 181 Å². The van der Waals surface area contributed by atoms with Crippen LogP contribution in [0.5, 0.6) is 17.2 Å². The van der Waals surface area contributed by atoms with Gasteiger partial charge in [0.2, 0.25) is 0 Å². The second-order valence-electron chi connectivity index (χ2n) is 6.54. The summed E-state index contributed by atoms with van der Waals surface area (Å²) in [5, 5.41) is 9.18. The van der Waals surface area contributed by atoms with E-state index in [0.29, 0.717) is 23.7 Å². The molecule has 0 radical (unpaired) electrons. The molecule has 0 N–H and O–H groups in total. The predicted molar refractivity (Wildman–Crippen MR) is 115 cm³/mol. The average molecular weight is 423 g/mol. The molecular weight excluding hydrogens is 398 g/mol. The smallest absolute Gasteiger partial charge is 0.349 e. The zero-order valence-electron chi connectivity index (χ0n) is 18.1. The summed E-state index contributed by atoms with van der Waals surface area (Å²) in [7, 11) is 0. The van der Waals surface area contributed by atoms with Crippen LogP contribution in [0, 0.1) is 25.2 Å². The van der Waals surface area contributed by atoms with Gasteiger partial charge in [-0.25, -0.2) is 9.59 Å². The van der Waals surface area contributed by atoms with Crippen LogP contribution in [0.4, 0.5) is 0 Å². The summed E-state index contributed by atoms with van der Waals surface area (Å²) in [4.78, 5) is 24.0. The minimum absolute atomic E-state index is 0.143. The average Bonchev–Trinajstić information content (AvgIpc) is 2.75. The normalized spacial score (nSPS) is 10.7.